The summed E-state index contributed by atoms with van der Waals surface area (Å²) in [4.78, 5) is 8.90. The average Bonchev–Trinajstić information content (AvgIpc) is 2.62. The van der Waals surface area contributed by atoms with Crippen molar-refractivity contribution in [2.45, 2.75) is 20.3 Å². The van der Waals surface area contributed by atoms with Crippen LogP contribution >= 0.6 is 0 Å². The summed E-state index contributed by atoms with van der Waals surface area (Å²) in [6.07, 6.45) is 4.69. The molecule has 0 radical (unpaired) electrons. The first-order chi connectivity index (χ1) is 7.27. The van der Waals surface area contributed by atoms with Gasteiger partial charge in [0.2, 0.25) is 0 Å². The number of aromatic nitrogens is 2. The van der Waals surface area contributed by atoms with Crippen LogP contribution in [0.5, 0.6) is 0 Å². The van der Waals surface area contributed by atoms with Gasteiger partial charge >= 0.3 is 0 Å². The van der Waals surface area contributed by atoms with Gasteiger partial charge in [0, 0.05) is 29.9 Å². The van der Waals surface area contributed by atoms with E-state index in [0.29, 0.717) is 0 Å². The van der Waals surface area contributed by atoms with E-state index in [1.807, 2.05) is 18.5 Å². The maximum absolute atomic E-state index is 4.49. The number of rotatable bonds is 0. The van der Waals surface area contributed by atoms with E-state index in [1.54, 1.807) is 0 Å². The molecule has 2 nitrogen and oxygen atoms in total. The van der Waals surface area contributed by atoms with Crippen molar-refractivity contribution >= 4 is 0 Å². The highest BCUT2D eigenvalue weighted by Gasteiger charge is 2.22. The summed E-state index contributed by atoms with van der Waals surface area (Å²) >= 11 is 0. The number of hydrogen-bond acceptors (Lipinski definition) is 2. The molecule has 3 rings (SSSR count). The van der Waals surface area contributed by atoms with Gasteiger partial charge in [-0.1, -0.05) is 6.07 Å². The molecular weight excluding hydrogens is 184 g/mol. The quantitative estimate of drug-likeness (QED) is 0.552. The van der Waals surface area contributed by atoms with E-state index >= 15 is 0 Å². The van der Waals surface area contributed by atoms with Crippen molar-refractivity contribution in [3.05, 3.63) is 47.0 Å². The van der Waals surface area contributed by atoms with Gasteiger partial charge < -0.3 is 0 Å². The summed E-state index contributed by atoms with van der Waals surface area (Å²) in [5.41, 5.74) is 7.50. The van der Waals surface area contributed by atoms with Crippen molar-refractivity contribution in [2.75, 3.05) is 0 Å². The normalized spacial score (nSPS) is 12.4. The summed E-state index contributed by atoms with van der Waals surface area (Å²) in [7, 11) is 0. The molecule has 0 bridgehead atoms. The average molecular weight is 196 g/mol. The third-order valence-corrected chi connectivity index (χ3v) is 3.16. The van der Waals surface area contributed by atoms with Crippen molar-refractivity contribution < 1.29 is 0 Å². The Labute approximate surface area is 89.0 Å². The second-order valence-corrected chi connectivity index (χ2v) is 4.06. The van der Waals surface area contributed by atoms with E-state index in [2.05, 4.69) is 29.9 Å². The van der Waals surface area contributed by atoms with Crippen molar-refractivity contribution in [3.63, 3.8) is 0 Å². The van der Waals surface area contributed by atoms with Gasteiger partial charge in [-0.2, -0.15) is 0 Å². The smallest absolute Gasteiger partial charge is 0.0545 e. The van der Waals surface area contributed by atoms with Gasteiger partial charge in [-0.05, 0) is 31.0 Å². The monoisotopic (exact) mass is 196 g/mol. The molecule has 0 N–H and O–H groups in total. The number of aryl methyl sites for hydroxylation is 1. The fraction of sp³-hybridized carbons (Fsp3) is 0.231. The van der Waals surface area contributed by atoms with Crippen LogP contribution in [-0.4, -0.2) is 9.97 Å². The molecule has 0 spiro atoms. The minimum atomic E-state index is 0.882. The van der Waals surface area contributed by atoms with Crippen molar-refractivity contribution in [1.82, 2.24) is 9.97 Å². The molecule has 0 saturated carbocycles. The summed E-state index contributed by atoms with van der Waals surface area (Å²) < 4.78 is 0. The molecule has 0 fully saturated rings. The van der Waals surface area contributed by atoms with Crippen molar-refractivity contribution in [3.8, 4) is 11.1 Å². The fourth-order valence-electron chi connectivity index (χ4n) is 2.21. The lowest BCUT2D eigenvalue weighted by Crippen LogP contribution is -1.92. The Morgan fingerprint density at radius 2 is 2.00 bits per heavy atom. The molecule has 1 aliphatic carbocycles. The maximum atomic E-state index is 4.49. The lowest BCUT2D eigenvalue weighted by molar-refractivity contribution is 1.05. The van der Waals surface area contributed by atoms with Gasteiger partial charge in [0.05, 0.1) is 11.4 Å². The Hall–Kier alpha value is -1.70. The minimum Gasteiger partial charge on any atom is -0.260 e. The van der Waals surface area contributed by atoms with Crippen LogP contribution in [0.2, 0.25) is 0 Å². The molecule has 0 unspecified atom stereocenters. The van der Waals surface area contributed by atoms with Gasteiger partial charge in [0.1, 0.15) is 0 Å². The van der Waals surface area contributed by atoms with Crippen LogP contribution < -0.4 is 0 Å². The molecule has 15 heavy (non-hydrogen) atoms. The Balaban J connectivity index is 2.36. The topological polar surface area (TPSA) is 25.8 Å². The third-order valence-electron chi connectivity index (χ3n) is 3.16. The molecule has 2 aromatic rings. The number of hydrogen-bond donors (Lipinski definition) is 0. The van der Waals surface area contributed by atoms with Crippen LogP contribution in [0, 0.1) is 13.8 Å². The fourth-order valence-corrected chi connectivity index (χ4v) is 2.21. The second-order valence-electron chi connectivity index (χ2n) is 4.06. The molecule has 2 heteroatoms. The number of pyridine rings is 2. The van der Waals surface area contributed by atoms with E-state index < -0.39 is 0 Å². The zero-order chi connectivity index (χ0) is 10.4. The highest BCUT2D eigenvalue weighted by atomic mass is 14.7. The van der Waals surface area contributed by atoms with E-state index in [4.69, 9.17) is 0 Å². The lowest BCUT2D eigenvalue weighted by Gasteiger charge is -2.06. The van der Waals surface area contributed by atoms with Crippen LogP contribution in [0.25, 0.3) is 11.1 Å². The van der Waals surface area contributed by atoms with Crippen LogP contribution in [-0.2, 0) is 6.42 Å². The maximum Gasteiger partial charge on any atom is 0.0545 e. The molecule has 0 atom stereocenters. The van der Waals surface area contributed by atoms with E-state index in [9.17, 15) is 0 Å². The first-order valence-electron chi connectivity index (χ1n) is 5.16. The lowest BCUT2D eigenvalue weighted by atomic mass is 10.0. The Kier molecular flexibility index (Phi) is 1.66. The Bertz CT molecular complexity index is 544. The van der Waals surface area contributed by atoms with Crippen molar-refractivity contribution in [1.29, 1.82) is 0 Å². The molecule has 2 aromatic heterocycles. The largest absolute Gasteiger partial charge is 0.260 e. The first-order valence-corrected chi connectivity index (χ1v) is 5.16. The van der Waals surface area contributed by atoms with Gasteiger partial charge in [0.15, 0.2) is 0 Å². The molecule has 74 valence electrons. The Morgan fingerprint density at radius 3 is 2.87 bits per heavy atom. The molecule has 0 saturated heterocycles. The van der Waals surface area contributed by atoms with Gasteiger partial charge in [-0.25, -0.2) is 0 Å². The highest BCUT2D eigenvalue weighted by Crippen LogP contribution is 2.36. The summed E-state index contributed by atoms with van der Waals surface area (Å²) in [5, 5.41) is 0. The van der Waals surface area contributed by atoms with E-state index in [-0.39, 0.29) is 0 Å². The zero-order valence-corrected chi connectivity index (χ0v) is 8.91. The van der Waals surface area contributed by atoms with E-state index in [1.165, 1.54) is 27.9 Å². The van der Waals surface area contributed by atoms with Crippen LogP contribution in [0.15, 0.2) is 24.5 Å². The molecular formula is C13H12N2. The van der Waals surface area contributed by atoms with Gasteiger partial charge in [0.25, 0.3) is 0 Å². The van der Waals surface area contributed by atoms with Crippen molar-refractivity contribution in [2.24, 2.45) is 0 Å². The molecule has 0 amide bonds. The minimum absolute atomic E-state index is 0.882. The SMILES string of the molecule is Cc1cnc2c(c1C)-c1cccnc1C2. The van der Waals surface area contributed by atoms with Gasteiger partial charge in [-0.15, -0.1) is 0 Å². The molecule has 0 aliphatic heterocycles. The summed E-state index contributed by atoms with van der Waals surface area (Å²) in [6.45, 7) is 4.27. The number of nitrogens with zero attached hydrogens (tertiary/aromatic N) is 2. The summed E-state index contributed by atoms with van der Waals surface area (Å²) in [6, 6.07) is 4.14. The van der Waals surface area contributed by atoms with Crippen LogP contribution in [0.1, 0.15) is 22.5 Å². The molecule has 2 heterocycles. The standard InChI is InChI=1S/C13H12N2/c1-8-7-15-12-6-11-10(4-3-5-14-11)13(12)9(8)2/h3-5,7H,6H2,1-2H3. The first kappa shape index (κ1) is 8.60. The highest BCUT2D eigenvalue weighted by molar-refractivity contribution is 5.77. The predicted molar refractivity (Wildman–Crippen MR) is 59.7 cm³/mol. The molecule has 0 aromatic carbocycles. The number of fused-ring (bicyclic) bond motifs is 3. The van der Waals surface area contributed by atoms with E-state index in [0.717, 1.165) is 12.1 Å². The zero-order valence-electron chi connectivity index (χ0n) is 8.91. The third kappa shape index (κ3) is 1.11. The molecule has 1 aliphatic rings. The predicted octanol–water partition coefficient (Wildman–Crippen LogP) is 2.66. The van der Waals surface area contributed by atoms with Crippen LogP contribution in [0.4, 0.5) is 0 Å². The van der Waals surface area contributed by atoms with Crippen LogP contribution in [0.3, 0.4) is 0 Å². The van der Waals surface area contributed by atoms with Gasteiger partial charge in [-0.3, -0.25) is 9.97 Å². The summed E-state index contributed by atoms with van der Waals surface area (Å²) in [5.74, 6) is 0. The second kappa shape index (κ2) is 2.89. The Morgan fingerprint density at radius 1 is 1.13 bits per heavy atom.